The minimum absolute atomic E-state index is 0.0121. The molecular weight excluding hydrogens is 389 g/mol. The summed E-state index contributed by atoms with van der Waals surface area (Å²) in [6, 6.07) is 12.7. The summed E-state index contributed by atoms with van der Waals surface area (Å²) in [6.45, 7) is 6.33. The summed E-state index contributed by atoms with van der Waals surface area (Å²) in [4.78, 5) is 5.49. The molecule has 3 rings (SSSR count). The average molecular weight is 416 g/mol. The van der Waals surface area contributed by atoms with E-state index in [0.29, 0.717) is 17.4 Å². The Morgan fingerprint density at radius 1 is 1.17 bits per heavy atom. The highest BCUT2D eigenvalue weighted by molar-refractivity contribution is 6.30. The van der Waals surface area contributed by atoms with Gasteiger partial charge in [-0.1, -0.05) is 46.6 Å². The van der Waals surface area contributed by atoms with Crippen LogP contribution in [0.4, 0.5) is 4.39 Å². The molecule has 0 aliphatic heterocycles. The van der Waals surface area contributed by atoms with E-state index in [1.165, 1.54) is 6.07 Å². The van der Waals surface area contributed by atoms with Gasteiger partial charge in [0.1, 0.15) is 6.61 Å². The summed E-state index contributed by atoms with van der Waals surface area (Å²) < 4.78 is 20.3. The zero-order valence-electron chi connectivity index (χ0n) is 17.1. The Morgan fingerprint density at radius 2 is 2.00 bits per heavy atom. The largest absolute Gasteiger partial charge is 0.487 e. The molecule has 0 heterocycles. The third-order valence-corrected chi connectivity index (χ3v) is 5.24. The number of oxime groups is 1. The molecule has 0 unspecified atom stereocenters. The third kappa shape index (κ3) is 6.33. The summed E-state index contributed by atoms with van der Waals surface area (Å²) in [5, 5.41) is 4.95. The topological polar surface area (TPSA) is 30.8 Å². The van der Waals surface area contributed by atoms with Crippen molar-refractivity contribution in [3.8, 4) is 5.75 Å². The van der Waals surface area contributed by atoms with Crippen LogP contribution in [0, 0.1) is 11.7 Å². The fourth-order valence-corrected chi connectivity index (χ4v) is 3.76. The molecule has 0 saturated heterocycles. The van der Waals surface area contributed by atoms with Crippen LogP contribution in [0.25, 0.3) is 6.08 Å². The molecule has 0 radical (unpaired) electrons. The first-order valence-electron chi connectivity index (χ1n) is 9.92. The van der Waals surface area contributed by atoms with E-state index in [1.807, 2.05) is 57.2 Å². The molecule has 1 aliphatic rings. The molecule has 1 saturated carbocycles. The lowest BCUT2D eigenvalue weighted by molar-refractivity contribution is 0.128. The van der Waals surface area contributed by atoms with Crippen LogP contribution in [0.2, 0.25) is 5.02 Å². The monoisotopic (exact) mass is 415 g/mol. The summed E-state index contributed by atoms with van der Waals surface area (Å²) in [7, 11) is 0. The van der Waals surface area contributed by atoms with Gasteiger partial charge >= 0.3 is 0 Å². The smallest absolute Gasteiger partial charge is 0.165 e. The van der Waals surface area contributed by atoms with Gasteiger partial charge < -0.3 is 9.57 Å². The molecular formula is C24H27ClFNO2. The predicted molar refractivity (Wildman–Crippen MR) is 117 cm³/mol. The number of hydrogen-bond acceptors (Lipinski definition) is 3. The second kappa shape index (κ2) is 9.93. The van der Waals surface area contributed by atoms with E-state index in [2.05, 4.69) is 5.16 Å². The zero-order valence-corrected chi connectivity index (χ0v) is 17.9. The second-order valence-electron chi connectivity index (χ2n) is 7.80. The van der Waals surface area contributed by atoms with Crippen molar-refractivity contribution in [3.05, 3.63) is 70.0 Å². The predicted octanol–water partition coefficient (Wildman–Crippen LogP) is 7.04. The highest BCUT2D eigenvalue weighted by Gasteiger charge is 2.29. The van der Waals surface area contributed by atoms with E-state index in [-0.39, 0.29) is 17.8 Å². The Kier molecular flexibility index (Phi) is 7.32. The number of hydrogen-bond donors (Lipinski definition) is 0. The van der Waals surface area contributed by atoms with Crippen molar-refractivity contribution in [3.63, 3.8) is 0 Å². The molecule has 3 nitrogen and oxygen atoms in total. The lowest BCUT2D eigenvalue weighted by Gasteiger charge is -2.15. The molecule has 2 atom stereocenters. The fourth-order valence-electron chi connectivity index (χ4n) is 3.55. The first kappa shape index (κ1) is 21.4. The molecule has 5 heteroatoms. The van der Waals surface area contributed by atoms with Gasteiger partial charge in [-0.15, -0.1) is 0 Å². The maximum Gasteiger partial charge on any atom is 0.165 e. The molecule has 154 valence electrons. The van der Waals surface area contributed by atoms with Crippen LogP contribution in [-0.4, -0.2) is 11.8 Å². The van der Waals surface area contributed by atoms with E-state index < -0.39 is 0 Å². The van der Waals surface area contributed by atoms with E-state index in [0.717, 1.165) is 41.7 Å². The molecule has 0 spiro atoms. The van der Waals surface area contributed by atoms with Gasteiger partial charge in [0.25, 0.3) is 0 Å². The molecule has 1 aliphatic carbocycles. The summed E-state index contributed by atoms with van der Waals surface area (Å²) in [5.74, 6) is 0.277. The van der Waals surface area contributed by atoms with Crippen molar-refractivity contribution in [2.45, 2.75) is 52.7 Å². The highest BCUT2D eigenvalue weighted by atomic mass is 35.5. The Morgan fingerprint density at radius 3 is 2.72 bits per heavy atom. The molecule has 0 amide bonds. The van der Waals surface area contributed by atoms with Crippen molar-refractivity contribution in [2.24, 2.45) is 11.1 Å². The van der Waals surface area contributed by atoms with E-state index in [1.54, 1.807) is 6.07 Å². The van der Waals surface area contributed by atoms with Gasteiger partial charge in [-0.2, -0.15) is 0 Å². The Bertz CT molecular complexity index is 906. The van der Waals surface area contributed by atoms with Gasteiger partial charge in [0.05, 0.1) is 11.8 Å². The van der Waals surface area contributed by atoms with Gasteiger partial charge in [-0.3, -0.25) is 0 Å². The number of allylic oxidation sites excluding steroid dienone is 1. The standard InChI is InChI=1S/C24H27ClFNO2/c1-16(2)11-18-7-10-24(23(26)13-18)29-22-9-8-20(14-22)17(3)27-28-15-19-5-4-6-21(25)12-19/h4-7,10-13,20,22H,8-9,14-15H2,1-3H3/b27-17-/t20-,22+/m1/s1. The number of nitrogens with zero attached hydrogens (tertiary/aromatic N) is 1. The fraction of sp³-hybridized carbons (Fsp3) is 0.375. The zero-order chi connectivity index (χ0) is 20.8. The summed E-state index contributed by atoms with van der Waals surface area (Å²) >= 11 is 5.98. The van der Waals surface area contributed by atoms with Crippen molar-refractivity contribution >= 4 is 23.4 Å². The lowest BCUT2D eigenvalue weighted by Crippen LogP contribution is -2.15. The molecule has 0 aromatic heterocycles. The van der Waals surface area contributed by atoms with E-state index in [4.69, 9.17) is 21.2 Å². The van der Waals surface area contributed by atoms with Crippen LogP contribution in [0.5, 0.6) is 5.75 Å². The molecule has 29 heavy (non-hydrogen) atoms. The maximum absolute atomic E-state index is 14.4. The van der Waals surface area contributed by atoms with Crippen LogP contribution in [0.1, 0.15) is 51.2 Å². The lowest BCUT2D eigenvalue weighted by atomic mass is 10.0. The molecule has 2 aromatic carbocycles. The van der Waals surface area contributed by atoms with Crippen LogP contribution < -0.4 is 4.74 Å². The number of benzene rings is 2. The third-order valence-electron chi connectivity index (χ3n) is 5.01. The Hall–Kier alpha value is -2.33. The van der Waals surface area contributed by atoms with Gasteiger partial charge in [0.15, 0.2) is 11.6 Å². The van der Waals surface area contributed by atoms with Gasteiger partial charge in [-0.05, 0) is 75.4 Å². The van der Waals surface area contributed by atoms with Crippen LogP contribution in [0.15, 0.2) is 53.2 Å². The summed E-state index contributed by atoms with van der Waals surface area (Å²) in [6.07, 6.45) is 4.58. The molecule has 1 fully saturated rings. The highest BCUT2D eigenvalue weighted by Crippen LogP contribution is 2.31. The van der Waals surface area contributed by atoms with Crippen LogP contribution >= 0.6 is 11.6 Å². The summed E-state index contributed by atoms with van der Waals surface area (Å²) in [5.41, 5.74) is 3.90. The van der Waals surface area contributed by atoms with Crippen molar-refractivity contribution < 1.29 is 14.0 Å². The molecule has 0 N–H and O–H groups in total. The average Bonchev–Trinajstić information content (AvgIpc) is 3.12. The SMILES string of the molecule is CC(C)=Cc1ccc(O[C@H]2CC[C@@H](/C(C)=N\OCc3cccc(Cl)c3)C2)c(F)c1. The van der Waals surface area contributed by atoms with E-state index >= 15 is 0 Å². The molecule has 0 bridgehead atoms. The minimum Gasteiger partial charge on any atom is -0.487 e. The second-order valence-corrected chi connectivity index (χ2v) is 8.23. The number of rotatable bonds is 7. The molecule has 2 aromatic rings. The van der Waals surface area contributed by atoms with E-state index in [9.17, 15) is 4.39 Å². The quantitative estimate of drug-likeness (QED) is 0.358. The van der Waals surface area contributed by atoms with Crippen molar-refractivity contribution in [1.82, 2.24) is 0 Å². The van der Waals surface area contributed by atoms with Crippen LogP contribution in [-0.2, 0) is 11.4 Å². The number of ether oxygens (including phenoxy) is 1. The normalized spacial score (nSPS) is 19.1. The van der Waals surface area contributed by atoms with Crippen LogP contribution in [0.3, 0.4) is 0 Å². The Balaban J connectivity index is 1.52. The van der Waals surface area contributed by atoms with Gasteiger partial charge in [0.2, 0.25) is 0 Å². The Labute approximate surface area is 177 Å². The first-order valence-corrected chi connectivity index (χ1v) is 10.3. The van der Waals surface area contributed by atoms with Crippen molar-refractivity contribution in [1.29, 1.82) is 0 Å². The number of halogens is 2. The van der Waals surface area contributed by atoms with Gasteiger partial charge in [-0.25, -0.2) is 4.39 Å². The van der Waals surface area contributed by atoms with Gasteiger partial charge in [0, 0.05) is 10.9 Å². The minimum atomic E-state index is -0.321. The maximum atomic E-state index is 14.4. The van der Waals surface area contributed by atoms with Crippen molar-refractivity contribution in [2.75, 3.05) is 0 Å². The first-order chi connectivity index (χ1) is 13.9.